The predicted molar refractivity (Wildman–Crippen MR) is 215 cm³/mol. The van der Waals surface area contributed by atoms with Crippen LogP contribution in [0.4, 0.5) is 0 Å². The first kappa shape index (κ1) is 56.9. The number of amides is 5. The SMILES string of the molecule is CCNC(=O)C(CCCCNC(=O)COCCOCCOCCNC(=O)COCCOCCOC)NC(=O)COCCOCCOCCNC(=O)COCCOCCOC. The van der Waals surface area contributed by atoms with Gasteiger partial charge in [-0.3, -0.25) is 24.0 Å². The number of nitrogens with one attached hydrogen (secondary N) is 5. The third-order valence-electron chi connectivity index (χ3n) is 7.41. The highest BCUT2D eigenvalue weighted by molar-refractivity contribution is 5.88. The molecule has 0 saturated carbocycles. The lowest BCUT2D eigenvalue weighted by Gasteiger charge is -2.18. The molecule has 0 fully saturated rings. The average molecular weight is 872 g/mol. The van der Waals surface area contributed by atoms with E-state index in [0.717, 1.165) is 0 Å². The highest BCUT2D eigenvalue weighted by Gasteiger charge is 2.20. The highest BCUT2D eigenvalue weighted by atomic mass is 16.6. The number of likely N-dealkylation sites (N-methyl/N-ethyl adjacent to an activating group) is 1. The number of hydrogen-bond acceptors (Lipinski definition) is 17. The van der Waals surface area contributed by atoms with Gasteiger partial charge in [-0.15, -0.1) is 0 Å². The zero-order chi connectivity index (χ0) is 44.0. The molecule has 0 radical (unpaired) electrons. The monoisotopic (exact) mass is 872 g/mol. The molecule has 0 aliphatic heterocycles. The summed E-state index contributed by atoms with van der Waals surface area (Å²) in [4.78, 5) is 60.4. The number of methoxy groups -OCH3 is 2. The second-order valence-corrected chi connectivity index (χ2v) is 12.4. The summed E-state index contributed by atoms with van der Waals surface area (Å²) in [5, 5.41) is 13.6. The Hall–Kier alpha value is -3.13. The second kappa shape index (κ2) is 45.4. The Morgan fingerprint density at radius 2 is 0.717 bits per heavy atom. The van der Waals surface area contributed by atoms with Crippen molar-refractivity contribution in [2.75, 3.05) is 186 Å². The lowest BCUT2D eigenvalue weighted by atomic mass is 10.1. The molecule has 0 spiro atoms. The van der Waals surface area contributed by atoms with Crippen LogP contribution in [0, 0.1) is 0 Å². The van der Waals surface area contributed by atoms with Gasteiger partial charge in [0.25, 0.3) is 0 Å². The van der Waals surface area contributed by atoms with E-state index in [1.807, 2.05) is 0 Å². The summed E-state index contributed by atoms with van der Waals surface area (Å²) in [5.74, 6) is -1.48. The van der Waals surface area contributed by atoms with Crippen molar-refractivity contribution in [3.8, 4) is 0 Å². The third-order valence-corrected chi connectivity index (χ3v) is 7.41. The van der Waals surface area contributed by atoms with Crippen molar-refractivity contribution in [2.45, 2.75) is 32.2 Å². The van der Waals surface area contributed by atoms with Crippen LogP contribution in [0.5, 0.6) is 0 Å². The fourth-order valence-corrected chi connectivity index (χ4v) is 4.45. The van der Waals surface area contributed by atoms with Crippen molar-refractivity contribution in [1.82, 2.24) is 26.6 Å². The molecule has 0 aromatic rings. The third kappa shape index (κ3) is 41.6. The Morgan fingerprint density at radius 1 is 0.383 bits per heavy atom. The molecule has 60 heavy (non-hydrogen) atoms. The molecule has 1 unspecified atom stereocenters. The Balaban J connectivity index is 3.76. The quantitative estimate of drug-likeness (QED) is 0.0399. The zero-order valence-corrected chi connectivity index (χ0v) is 36.0. The second-order valence-electron chi connectivity index (χ2n) is 12.4. The van der Waals surface area contributed by atoms with E-state index in [4.69, 9.17) is 56.8 Å². The average Bonchev–Trinajstić information content (AvgIpc) is 3.23. The lowest BCUT2D eigenvalue weighted by Crippen LogP contribution is -2.47. The van der Waals surface area contributed by atoms with E-state index in [1.165, 1.54) is 0 Å². The Kier molecular flexibility index (Phi) is 43.0. The first-order chi connectivity index (χ1) is 29.3. The topological polar surface area (TPSA) is 256 Å². The van der Waals surface area contributed by atoms with Crippen molar-refractivity contribution in [2.24, 2.45) is 0 Å². The summed E-state index contributed by atoms with van der Waals surface area (Å²) in [5.41, 5.74) is 0. The van der Waals surface area contributed by atoms with Gasteiger partial charge in [-0.25, -0.2) is 0 Å². The minimum Gasteiger partial charge on any atom is -0.382 e. The van der Waals surface area contributed by atoms with Crippen LogP contribution in [0.15, 0.2) is 0 Å². The molecule has 0 heterocycles. The molecule has 0 rings (SSSR count). The largest absolute Gasteiger partial charge is 0.382 e. The van der Waals surface area contributed by atoms with E-state index < -0.39 is 11.9 Å². The standard InChI is InChI=1S/C38H73N5O17/c1-4-39-38(48)33(43-37(47)32-60-28-24-56-20-18-52-12-10-42-36(46)31-59-26-22-54-16-14-50-3)7-5-6-8-40-34(44)29-57-27-23-55-19-17-51-11-9-41-35(45)30-58-25-21-53-15-13-49-2/h33H,4-32H2,1-3H3,(H,39,48)(H,40,44)(H,41,45)(H,42,46)(H,43,47). The molecule has 0 aliphatic carbocycles. The van der Waals surface area contributed by atoms with E-state index >= 15 is 0 Å². The molecule has 1 atom stereocenters. The Morgan fingerprint density at radius 3 is 1.10 bits per heavy atom. The van der Waals surface area contributed by atoms with Crippen LogP contribution in [0.25, 0.3) is 0 Å². The van der Waals surface area contributed by atoms with Crippen LogP contribution < -0.4 is 26.6 Å². The van der Waals surface area contributed by atoms with Gasteiger partial charge < -0.3 is 83.4 Å². The molecule has 5 N–H and O–H groups in total. The van der Waals surface area contributed by atoms with Crippen molar-refractivity contribution in [3.05, 3.63) is 0 Å². The first-order valence-electron chi connectivity index (χ1n) is 20.5. The lowest BCUT2D eigenvalue weighted by molar-refractivity contribution is -0.132. The Labute approximate surface area is 354 Å². The molecule has 22 nitrogen and oxygen atoms in total. The number of carbonyl (C=O) groups is 5. The molecule has 352 valence electrons. The van der Waals surface area contributed by atoms with Crippen LogP contribution in [-0.4, -0.2) is 221 Å². The summed E-state index contributed by atoms with van der Waals surface area (Å²) in [7, 11) is 3.19. The van der Waals surface area contributed by atoms with Gasteiger partial charge in [-0.1, -0.05) is 0 Å². The molecular weight excluding hydrogens is 798 g/mol. The van der Waals surface area contributed by atoms with Crippen molar-refractivity contribution >= 4 is 29.5 Å². The van der Waals surface area contributed by atoms with Gasteiger partial charge in [0.1, 0.15) is 32.5 Å². The number of unbranched alkanes of at least 4 members (excludes halogenated alkanes) is 1. The molecule has 22 heteroatoms. The van der Waals surface area contributed by atoms with Crippen molar-refractivity contribution in [1.29, 1.82) is 0 Å². The van der Waals surface area contributed by atoms with Crippen LogP contribution in [0.3, 0.4) is 0 Å². The predicted octanol–water partition coefficient (Wildman–Crippen LogP) is -2.42. The smallest absolute Gasteiger partial charge is 0.246 e. The van der Waals surface area contributed by atoms with Crippen LogP contribution in [0.1, 0.15) is 26.2 Å². The maximum Gasteiger partial charge on any atom is 0.246 e. The zero-order valence-electron chi connectivity index (χ0n) is 36.0. The van der Waals surface area contributed by atoms with Crippen LogP contribution in [0.2, 0.25) is 0 Å². The normalized spacial score (nSPS) is 11.6. The summed E-state index contributed by atoms with van der Waals surface area (Å²) < 4.78 is 63.0. The van der Waals surface area contributed by atoms with E-state index in [2.05, 4.69) is 26.6 Å². The summed E-state index contributed by atoms with van der Waals surface area (Å²) in [6.45, 7) is 9.11. The van der Waals surface area contributed by atoms with Gasteiger partial charge in [0, 0.05) is 40.4 Å². The van der Waals surface area contributed by atoms with Gasteiger partial charge in [-0.05, 0) is 26.2 Å². The van der Waals surface area contributed by atoms with Gasteiger partial charge >= 0.3 is 0 Å². The van der Waals surface area contributed by atoms with Crippen LogP contribution in [-0.2, 0) is 80.8 Å². The fraction of sp³-hybridized carbons (Fsp3) is 0.868. The fourth-order valence-electron chi connectivity index (χ4n) is 4.45. The van der Waals surface area contributed by atoms with E-state index in [0.29, 0.717) is 138 Å². The molecule has 0 bridgehead atoms. The summed E-state index contributed by atoms with van der Waals surface area (Å²) in [6.07, 6.45) is 1.55. The molecule has 0 saturated heterocycles. The molecular formula is C38H73N5O17. The molecule has 0 aromatic heterocycles. The van der Waals surface area contributed by atoms with Crippen molar-refractivity contribution < 1.29 is 80.8 Å². The maximum atomic E-state index is 12.5. The number of carbonyl (C=O) groups excluding carboxylic acids is 5. The van der Waals surface area contributed by atoms with Gasteiger partial charge in [-0.2, -0.15) is 0 Å². The van der Waals surface area contributed by atoms with E-state index in [1.54, 1.807) is 21.1 Å². The van der Waals surface area contributed by atoms with Gasteiger partial charge in [0.05, 0.1) is 119 Å². The summed E-state index contributed by atoms with van der Waals surface area (Å²) in [6, 6.07) is -0.740. The maximum absolute atomic E-state index is 12.5. The minimum absolute atomic E-state index is 0.0507. The first-order valence-corrected chi connectivity index (χ1v) is 20.5. The minimum atomic E-state index is -0.740. The van der Waals surface area contributed by atoms with E-state index in [-0.39, 0.29) is 76.5 Å². The summed E-state index contributed by atoms with van der Waals surface area (Å²) >= 11 is 0. The number of ether oxygens (including phenoxy) is 12. The number of rotatable bonds is 46. The van der Waals surface area contributed by atoms with E-state index in [9.17, 15) is 24.0 Å². The number of hydrogen-bond donors (Lipinski definition) is 5. The Bertz CT molecular complexity index is 1050. The van der Waals surface area contributed by atoms with Gasteiger partial charge in [0.15, 0.2) is 0 Å². The van der Waals surface area contributed by atoms with Gasteiger partial charge in [0.2, 0.25) is 29.5 Å². The molecule has 0 aliphatic rings. The van der Waals surface area contributed by atoms with Crippen molar-refractivity contribution in [3.63, 3.8) is 0 Å². The molecule has 5 amide bonds. The molecule has 0 aromatic carbocycles. The van der Waals surface area contributed by atoms with Crippen LogP contribution >= 0.6 is 0 Å². The highest BCUT2D eigenvalue weighted by Crippen LogP contribution is 2.02.